The van der Waals surface area contributed by atoms with Gasteiger partial charge >= 0.3 is 0 Å². The van der Waals surface area contributed by atoms with Gasteiger partial charge in [-0.05, 0) is 84.5 Å². The highest BCUT2D eigenvalue weighted by Gasteiger charge is 2.54. The molecule has 0 bridgehead atoms. The van der Waals surface area contributed by atoms with Crippen LogP contribution in [-0.2, 0) is 38.6 Å². The van der Waals surface area contributed by atoms with Crippen molar-refractivity contribution in [1.82, 2.24) is 0 Å². The molecule has 0 spiro atoms. The molecule has 1 aromatic heterocycles. The van der Waals surface area contributed by atoms with E-state index in [1.165, 1.54) is 26.1 Å². The van der Waals surface area contributed by atoms with Gasteiger partial charge in [0.1, 0.15) is 6.10 Å². The van der Waals surface area contributed by atoms with E-state index in [2.05, 4.69) is 87.5 Å². The van der Waals surface area contributed by atoms with E-state index in [1.54, 1.807) is 0 Å². The van der Waals surface area contributed by atoms with Crippen molar-refractivity contribution in [2.45, 2.75) is 89.2 Å². The van der Waals surface area contributed by atoms with Crippen LogP contribution in [0.15, 0.2) is 103 Å². The van der Waals surface area contributed by atoms with Gasteiger partial charge in [-0.3, -0.25) is 0 Å². The van der Waals surface area contributed by atoms with Crippen LogP contribution in [0.2, 0.25) is 0 Å². The summed E-state index contributed by atoms with van der Waals surface area (Å²) < 4.78 is 21.3. The van der Waals surface area contributed by atoms with Crippen LogP contribution in [0.5, 0.6) is 0 Å². The predicted molar refractivity (Wildman–Crippen MR) is 181 cm³/mol. The average molecular weight is 619 g/mol. The van der Waals surface area contributed by atoms with Crippen LogP contribution in [-0.4, -0.2) is 23.4 Å². The summed E-state index contributed by atoms with van der Waals surface area (Å²) in [5.41, 5.74) is 6.38. The molecule has 2 aliphatic rings. The fraction of sp³-hybridized carbons (Fsp3) is 0.350. The van der Waals surface area contributed by atoms with Gasteiger partial charge < -0.3 is 19.3 Å². The molecule has 232 valence electrons. The molecular weight excluding hydrogens is 577 g/mol. The molecule has 0 amide bonds. The number of aliphatic hydroxyl groups is 1. The highest BCUT2D eigenvalue weighted by atomic mass is 32.1. The maximum absolute atomic E-state index is 12.9. The molecule has 1 unspecified atom stereocenters. The highest BCUT2D eigenvalue weighted by molar-refractivity contribution is 7.19. The first-order valence-corrected chi connectivity index (χ1v) is 17.0. The highest BCUT2D eigenvalue weighted by Crippen LogP contribution is 2.58. The Morgan fingerprint density at radius 2 is 1.40 bits per heavy atom. The zero-order valence-corrected chi connectivity index (χ0v) is 27.2. The molecule has 1 aliphatic carbocycles. The zero-order valence-electron chi connectivity index (χ0n) is 26.4. The standard InChI is InChI=1S/C40H42O4S/c1-4-32-23-35(42-25-29-13-7-5-8-14-29)38(43-26-30-15-9-6-10-16-30)40(41,44-32)34-24-33(27(2)21-28(34)3)39(19-20-39)37-22-31-17-11-12-18-36(31)45-37/h5-18,21-22,24,32,35,38,41H,4,19-20,23,25-26H2,1-3H3/t32-,35+,38-,40?/m1/s1. The Morgan fingerprint density at radius 1 is 0.778 bits per heavy atom. The Labute approximate surface area is 270 Å². The van der Waals surface area contributed by atoms with Crippen LogP contribution < -0.4 is 0 Å². The van der Waals surface area contributed by atoms with Crippen molar-refractivity contribution >= 4 is 21.4 Å². The fourth-order valence-corrected chi connectivity index (χ4v) is 8.45. The molecule has 7 rings (SSSR count). The lowest BCUT2D eigenvalue weighted by atomic mass is 9.81. The van der Waals surface area contributed by atoms with E-state index in [9.17, 15) is 5.11 Å². The summed E-state index contributed by atoms with van der Waals surface area (Å²) in [7, 11) is 0. The minimum Gasteiger partial charge on any atom is -0.371 e. The van der Waals surface area contributed by atoms with Crippen LogP contribution in [0, 0.1) is 13.8 Å². The van der Waals surface area contributed by atoms with Gasteiger partial charge in [0.05, 0.1) is 25.4 Å². The maximum Gasteiger partial charge on any atom is 0.222 e. The van der Waals surface area contributed by atoms with Crippen molar-refractivity contribution in [3.05, 3.63) is 141 Å². The van der Waals surface area contributed by atoms with Crippen LogP contribution in [0.3, 0.4) is 0 Å². The molecule has 1 N–H and O–H groups in total. The van der Waals surface area contributed by atoms with E-state index in [0.29, 0.717) is 19.6 Å². The number of ether oxygens (including phenoxy) is 3. The van der Waals surface area contributed by atoms with Crippen molar-refractivity contribution in [2.75, 3.05) is 0 Å². The molecule has 1 saturated carbocycles. The quantitative estimate of drug-likeness (QED) is 0.170. The van der Waals surface area contributed by atoms with Gasteiger partial charge in [0.15, 0.2) is 0 Å². The normalized spacial score (nSPS) is 24.1. The SMILES string of the molecule is CC[C@@H]1C[C@H](OCc2ccccc2)[C@@H](OCc2ccccc2)C(O)(c2cc(C3(c4cc5ccccc5s4)CC3)c(C)cc2C)O1. The lowest BCUT2D eigenvalue weighted by Gasteiger charge is -2.47. The first-order chi connectivity index (χ1) is 21.9. The molecule has 0 radical (unpaired) electrons. The number of benzene rings is 4. The molecule has 5 heteroatoms. The minimum atomic E-state index is -1.68. The molecule has 4 atom stereocenters. The third kappa shape index (κ3) is 5.89. The van der Waals surface area contributed by atoms with Crippen LogP contribution in [0.25, 0.3) is 10.1 Å². The van der Waals surface area contributed by atoms with E-state index < -0.39 is 11.9 Å². The monoisotopic (exact) mass is 618 g/mol. The van der Waals surface area contributed by atoms with Crippen molar-refractivity contribution in [3.63, 3.8) is 0 Å². The largest absolute Gasteiger partial charge is 0.371 e. The van der Waals surface area contributed by atoms with E-state index in [0.717, 1.165) is 41.5 Å². The van der Waals surface area contributed by atoms with Gasteiger partial charge in [-0.2, -0.15) is 0 Å². The predicted octanol–water partition coefficient (Wildman–Crippen LogP) is 9.11. The van der Waals surface area contributed by atoms with Crippen molar-refractivity contribution in [3.8, 4) is 0 Å². The number of rotatable bonds is 10. The van der Waals surface area contributed by atoms with E-state index >= 15 is 0 Å². The third-order valence-electron chi connectivity index (χ3n) is 9.72. The molecular formula is C40H42O4S. The smallest absolute Gasteiger partial charge is 0.222 e. The summed E-state index contributed by atoms with van der Waals surface area (Å²) in [6.07, 6.45) is 2.34. The molecule has 45 heavy (non-hydrogen) atoms. The summed E-state index contributed by atoms with van der Waals surface area (Å²) in [5, 5.41) is 14.2. The minimum absolute atomic E-state index is 0.0466. The van der Waals surface area contributed by atoms with E-state index in [-0.39, 0.29) is 17.6 Å². The van der Waals surface area contributed by atoms with Crippen molar-refractivity contribution < 1.29 is 19.3 Å². The average Bonchev–Trinajstić information content (AvgIpc) is 3.74. The van der Waals surface area contributed by atoms with E-state index in [4.69, 9.17) is 14.2 Å². The molecule has 1 aliphatic heterocycles. The number of fused-ring (bicyclic) bond motifs is 1. The van der Waals surface area contributed by atoms with Crippen molar-refractivity contribution in [1.29, 1.82) is 0 Å². The molecule has 4 aromatic carbocycles. The Balaban J connectivity index is 1.29. The second-order valence-electron chi connectivity index (χ2n) is 12.8. The van der Waals surface area contributed by atoms with Crippen LogP contribution in [0.4, 0.5) is 0 Å². The summed E-state index contributed by atoms with van der Waals surface area (Å²) in [5.74, 6) is -1.68. The second kappa shape index (κ2) is 12.5. The lowest BCUT2D eigenvalue weighted by molar-refractivity contribution is -0.347. The van der Waals surface area contributed by atoms with Crippen molar-refractivity contribution in [2.24, 2.45) is 0 Å². The van der Waals surface area contributed by atoms with Gasteiger partial charge in [-0.1, -0.05) is 91.9 Å². The van der Waals surface area contributed by atoms with Gasteiger partial charge in [0.2, 0.25) is 5.79 Å². The number of hydrogen-bond donors (Lipinski definition) is 1. The summed E-state index contributed by atoms with van der Waals surface area (Å²) in [6.45, 7) is 7.18. The third-order valence-corrected chi connectivity index (χ3v) is 11.0. The van der Waals surface area contributed by atoms with Gasteiger partial charge in [-0.15, -0.1) is 11.3 Å². The maximum atomic E-state index is 12.9. The summed E-state index contributed by atoms with van der Waals surface area (Å²) in [6, 6.07) is 35.8. The van der Waals surface area contributed by atoms with Gasteiger partial charge in [0.25, 0.3) is 0 Å². The summed E-state index contributed by atoms with van der Waals surface area (Å²) >= 11 is 1.89. The molecule has 1 saturated heterocycles. The Kier molecular flexibility index (Phi) is 8.40. The lowest BCUT2D eigenvalue weighted by Crippen LogP contribution is -2.58. The Hall–Kier alpha value is -3.32. The molecule has 2 heterocycles. The van der Waals surface area contributed by atoms with Crippen LogP contribution >= 0.6 is 11.3 Å². The first-order valence-electron chi connectivity index (χ1n) is 16.2. The van der Waals surface area contributed by atoms with Gasteiger partial charge in [-0.25, -0.2) is 0 Å². The fourth-order valence-electron chi connectivity index (χ4n) is 7.13. The number of hydrogen-bond acceptors (Lipinski definition) is 5. The molecule has 4 nitrogen and oxygen atoms in total. The Bertz CT molecular complexity index is 1730. The van der Waals surface area contributed by atoms with Crippen LogP contribution in [0.1, 0.15) is 70.9 Å². The zero-order chi connectivity index (χ0) is 31.0. The second-order valence-corrected chi connectivity index (χ2v) is 13.9. The number of thiophene rings is 1. The van der Waals surface area contributed by atoms with Gasteiger partial charge in [0, 0.05) is 27.0 Å². The molecule has 5 aromatic rings. The first kappa shape index (κ1) is 30.3. The Morgan fingerprint density at radius 3 is 2.04 bits per heavy atom. The summed E-state index contributed by atoms with van der Waals surface area (Å²) in [4.78, 5) is 1.39. The number of aryl methyl sites for hydroxylation is 2. The topological polar surface area (TPSA) is 47.9 Å². The van der Waals surface area contributed by atoms with E-state index in [1.807, 2.05) is 47.7 Å². The molecule has 2 fully saturated rings.